The molecule has 0 spiro atoms. The summed E-state index contributed by atoms with van der Waals surface area (Å²) >= 11 is 3.16. The van der Waals surface area contributed by atoms with Gasteiger partial charge in [0, 0.05) is 52.4 Å². The Balaban J connectivity index is 0.000000205. The van der Waals surface area contributed by atoms with Crippen LogP contribution in [0.4, 0.5) is 46.8 Å². The topological polar surface area (TPSA) is 244 Å². The fraction of sp³-hybridized carbons (Fsp3) is 0.241. The maximum Gasteiger partial charge on any atom is 0.494 e. The molecule has 0 bridgehead atoms. The standard InChI is InChI=1S/C26H19F4N3O6S.C19H15BrFN3O5S.C13H16BF3O3.2H3P/c1-37-23-12-17(14-2-5-18(27)22(11-14)39-26(29)30)19(28)13-21(23)33-20-6-4-16(10-15(20)3-7-25(33)34)40(35,36)32-24-8-9-38-31-24;1-28-17-9-13(20)14(21)10-16(17)24-15-4-3-12(8-11(15)2-5-19(24)25)30(26,27)23-18-6-7-29-22-18;1-12(2)13(3,4)20-14(19-12)8-5-6-9(15)10(7-8)18-11(16)17;;/h2-12,19,26H,13H2,1H3,(H,31,32);2-9,14H,10H2,1H3,(H,22,23);5-7,11H,1-4H3;2*1H3/t19-;14-;;;/m11.../s1. The van der Waals surface area contributed by atoms with E-state index in [4.69, 9.17) is 18.8 Å². The third kappa shape index (κ3) is 15.8. The molecule has 0 radical (unpaired) electrons. The van der Waals surface area contributed by atoms with Gasteiger partial charge in [0.15, 0.2) is 34.8 Å². The fourth-order valence-electron chi connectivity index (χ4n) is 9.35. The smallest absolute Gasteiger partial charge is 0.494 e. The molecule has 0 amide bonds. The first-order valence-electron chi connectivity index (χ1n) is 26.4. The molecule has 1 aliphatic heterocycles. The lowest BCUT2D eigenvalue weighted by molar-refractivity contribution is -0.0527. The number of alkyl halides is 6. The van der Waals surface area contributed by atoms with Gasteiger partial charge in [0.1, 0.15) is 36.4 Å². The van der Waals surface area contributed by atoms with Crippen molar-refractivity contribution in [1.82, 2.24) is 19.4 Å². The second-order valence-electron chi connectivity index (χ2n) is 20.6. The molecule has 1 fully saturated rings. The molecule has 490 valence electrons. The molecule has 0 saturated carbocycles. The summed E-state index contributed by atoms with van der Waals surface area (Å²) in [6.45, 7) is 1.11. The number of hydrogen-bond acceptors (Lipinski definition) is 16. The Morgan fingerprint density at radius 2 is 1.05 bits per heavy atom. The van der Waals surface area contributed by atoms with Crippen LogP contribution in [0.25, 0.3) is 38.8 Å². The molecule has 4 aromatic carbocycles. The highest BCUT2D eigenvalue weighted by atomic mass is 79.9. The predicted octanol–water partition coefficient (Wildman–Crippen LogP) is 11.6. The van der Waals surface area contributed by atoms with E-state index in [1.807, 2.05) is 27.7 Å². The molecular formula is C58H56BBrF8N6O14P2S2. The number of nitrogens with one attached hydrogen (secondary N) is 2. The van der Waals surface area contributed by atoms with E-state index in [1.54, 1.807) is 0 Å². The number of nitrogens with zero attached hydrogens (tertiary/aromatic N) is 4. The molecule has 11 rings (SSSR count). The second-order valence-corrected chi connectivity index (χ2v) is 24.9. The van der Waals surface area contributed by atoms with Crippen molar-refractivity contribution in [2.24, 2.45) is 0 Å². The second kappa shape index (κ2) is 29.0. The number of methoxy groups -OCH3 is 2. The van der Waals surface area contributed by atoms with Crippen molar-refractivity contribution < 1.29 is 89.3 Å². The summed E-state index contributed by atoms with van der Waals surface area (Å²) in [5.41, 5.74) is -0.349. The summed E-state index contributed by atoms with van der Waals surface area (Å²) in [5, 5.41) is 7.88. The normalized spacial score (nSPS) is 16.9. The number of hydrogen-bond donors (Lipinski definition) is 2. The van der Waals surface area contributed by atoms with E-state index >= 15 is 4.39 Å². The van der Waals surface area contributed by atoms with E-state index in [-0.39, 0.29) is 87.7 Å². The molecule has 8 aromatic rings. The summed E-state index contributed by atoms with van der Waals surface area (Å²) in [6.07, 6.45) is 1.70. The van der Waals surface area contributed by atoms with Crippen LogP contribution in [0.3, 0.4) is 0 Å². The van der Waals surface area contributed by atoms with Crippen LogP contribution in [-0.2, 0) is 38.8 Å². The van der Waals surface area contributed by atoms with Crippen LogP contribution in [-0.4, -0.2) is 94.4 Å². The summed E-state index contributed by atoms with van der Waals surface area (Å²) in [6, 6.07) is 23.1. The van der Waals surface area contributed by atoms with E-state index in [2.05, 4.69) is 54.2 Å². The van der Waals surface area contributed by atoms with Crippen molar-refractivity contribution in [2.45, 2.75) is 87.1 Å². The van der Waals surface area contributed by atoms with Crippen molar-refractivity contribution in [1.29, 1.82) is 0 Å². The molecular weight excluding hydrogens is 1370 g/mol. The Labute approximate surface area is 534 Å². The quantitative estimate of drug-likeness (QED) is 0.0519. The minimum Gasteiger partial charge on any atom is -0.495 e. The number of aromatic nitrogens is 4. The zero-order chi connectivity index (χ0) is 65.2. The minimum atomic E-state index is -4.05. The Bertz CT molecular complexity index is 4510. The average Bonchev–Trinajstić information content (AvgIpc) is 0.891. The molecule has 92 heavy (non-hydrogen) atoms. The third-order valence-electron chi connectivity index (χ3n) is 14.4. The van der Waals surface area contributed by atoms with Gasteiger partial charge < -0.3 is 37.3 Å². The van der Waals surface area contributed by atoms with Crippen LogP contribution < -0.4 is 35.5 Å². The molecule has 2 N–H and O–H groups in total. The van der Waals surface area contributed by atoms with Gasteiger partial charge in [-0.3, -0.25) is 28.2 Å². The number of pyridine rings is 2. The SMILES string of the molecule is CC1(C)OB(c2ccc(F)c(OC(F)F)c2)OC1(C)C.COC1=C(n2c(=O)ccc3cc(S(=O)(=O)Nc4ccon4)ccc32)C[C@@H](F)C(Br)=C1.COC1=C(n2c(=O)ccc3cc(S(=O)(=O)Nc4ccon4)ccc32)C[C@@H](F)C(c2ccc(F)c(OC(F)F)c2)=C1.P.P. The third-order valence-corrected chi connectivity index (χ3v) is 17.8. The number of anilines is 2. The van der Waals surface area contributed by atoms with Crippen LogP contribution >= 0.6 is 35.7 Å². The van der Waals surface area contributed by atoms with Gasteiger partial charge in [-0.2, -0.15) is 37.4 Å². The monoisotopic (exact) mass is 1430 g/mol. The number of halogens is 9. The number of sulfonamides is 2. The molecule has 2 unspecified atom stereocenters. The lowest BCUT2D eigenvalue weighted by Gasteiger charge is -2.32. The van der Waals surface area contributed by atoms with Gasteiger partial charge in [0.25, 0.3) is 31.2 Å². The molecule has 3 aliphatic rings. The summed E-state index contributed by atoms with van der Waals surface area (Å²) in [5.74, 6) is -2.71. The summed E-state index contributed by atoms with van der Waals surface area (Å²) < 4.78 is 205. The highest BCUT2D eigenvalue weighted by Gasteiger charge is 2.52. The predicted molar refractivity (Wildman–Crippen MR) is 339 cm³/mol. The van der Waals surface area contributed by atoms with Crippen molar-refractivity contribution in [3.63, 3.8) is 0 Å². The molecule has 34 heteroatoms. The lowest BCUT2D eigenvalue weighted by Crippen LogP contribution is -2.41. The number of rotatable bonds is 16. The molecule has 4 atom stereocenters. The van der Waals surface area contributed by atoms with Gasteiger partial charge in [-0.15, -0.1) is 0 Å². The fourth-order valence-corrected chi connectivity index (χ4v) is 11.8. The Morgan fingerprint density at radius 3 is 1.50 bits per heavy atom. The van der Waals surface area contributed by atoms with Gasteiger partial charge in [0.2, 0.25) is 0 Å². The van der Waals surface area contributed by atoms with Crippen LogP contribution in [0.1, 0.15) is 46.1 Å². The number of allylic oxidation sites excluding steroid dienone is 6. The Morgan fingerprint density at radius 1 is 0.609 bits per heavy atom. The number of benzene rings is 4. The van der Waals surface area contributed by atoms with Gasteiger partial charge in [0.05, 0.1) is 57.6 Å². The molecule has 1 saturated heterocycles. The van der Waals surface area contributed by atoms with Gasteiger partial charge in [-0.25, -0.2) is 34.4 Å². The Hall–Kier alpha value is -7.86. The van der Waals surface area contributed by atoms with E-state index in [9.17, 15) is 57.2 Å². The van der Waals surface area contributed by atoms with Gasteiger partial charge in [-0.05, 0) is 129 Å². The van der Waals surface area contributed by atoms with Crippen LogP contribution in [0.2, 0.25) is 0 Å². The Kier molecular flexibility index (Phi) is 22.5. The maximum absolute atomic E-state index is 15.5. The average molecular weight is 1430 g/mol. The largest absolute Gasteiger partial charge is 0.495 e. The number of fused-ring (bicyclic) bond motifs is 2. The van der Waals surface area contributed by atoms with Crippen molar-refractivity contribution in [3.8, 4) is 11.5 Å². The molecule has 2 aliphatic carbocycles. The first-order chi connectivity index (χ1) is 42.5. The van der Waals surface area contributed by atoms with Crippen LogP contribution in [0, 0.1) is 11.6 Å². The number of ether oxygens (including phenoxy) is 4. The van der Waals surface area contributed by atoms with Gasteiger partial charge in [-0.1, -0.05) is 38.4 Å². The van der Waals surface area contributed by atoms with E-state index < -0.39 is 92.6 Å². The van der Waals surface area contributed by atoms with E-state index in [0.717, 1.165) is 18.2 Å². The van der Waals surface area contributed by atoms with Crippen molar-refractivity contribution in [2.75, 3.05) is 23.7 Å². The molecule has 20 nitrogen and oxygen atoms in total. The molecule has 4 aromatic heterocycles. The maximum atomic E-state index is 15.5. The van der Waals surface area contributed by atoms with E-state index in [1.165, 1.54) is 139 Å². The lowest BCUT2D eigenvalue weighted by atomic mass is 9.79. The summed E-state index contributed by atoms with van der Waals surface area (Å²) in [7, 11) is -5.99. The van der Waals surface area contributed by atoms with Crippen LogP contribution in [0.5, 0.6) is 11.5 Å². The highest BCUT2D eigenvalue weighted by Crippen LogP contribution is 2.40. The minimum absolute atomic E-state index is 0. The van der Waals surface area contributed by atoms with E-state index in [0.29, 0.717) is 37.7 Å². The summed E-state index contributed by atoms with van der Waals surface area (Å²) in [4.78, 5) is 25.5. The molecule has 5 heterocycles. The van der Waals surface area contributed by atoms with Crippen molar-refractivity contribution in [3.05, 3.63) is 188 Å². The zero-order valence-corrected chi connectivity index (χ0v) is 55.2. The van der Waals surface area contributed by atoms with Gasteiger partial charge >= 0.3 is 20.3 Å². The first kappa shape index (κ1) is 71.6. The highest BCUT2D eigenvalue weighted by molar-refractivity contribution is 9.11. The first-order valence-corrected chi connectivity index (χ1v) is 30.2. The van der Waals surface area contributed by atoms with Crippen LogP contribution in [0.15, 0.2) is 178 Å². The van der Waals surface area contributed by atoms with Crippen molar-refractivity contribution >= 4 is 119 Å². The zero-order valence-electron chi connectivity index (χ0n) is 49.1.